The van der Waals surface area contributed by atoms with E-state index in [0.717, 1.165) is 43.2 Å². The summed E-state index contributed by atoms with van der Waals surface area (Å²) in [6.45, 7) is 9.14. The minimum atomic E-state index is -0.561. The molecule has 1 aliphatic rings. The van der Waals surface area contributed by atoms with Crippen molar-refractivity contribution in [2.24, 2.45) is 10.7 Å². The third kappa shape index (κ3) is 8.31. The molecule has 0 unspecified atom stereocenters. The number of esters is 1. The second kappa shape index (κ2) is 13.0. The molecular formula is C26H31N5O4. The molecule has 0 saturated carbocycles. The van der Waals surface area contributed by atoms with Crippen LogP contribution in [0, 0.1) is 0 Å². The first-order valence-electron chi connectivity index (χ1n) is 11.4. The Morgan fingerprint density at radius 3 is 2.37 bits per heavy atom. The van der Waals surface area contributed by atoms with Crippen LogP contribution in [0.5, 0.6) is 0 Å². The summed E-state index contributed by atoms with van der Waals surface area (Å²) < 4.78 is 10.2. The molecule has 1 heterocycles. The lowest BCUT2D eigenvalue weighted by atomic mass is 10.1. The Balaban J connectivity index is 1.48. The van der Waals surface area contributed by atoms with Gasteiger partial charge in [-0.1, -0.05) is 18.7 Å². The largest absolute Gasteiger partial charge is 0.466 e. The average molecular weight is 478 g/mol. The van der Waals surface area contributed by atoms with Gasteiger partial charge in [0.2, 0.25) is 5.91 Å². The zero-order valence-electron chi connectivity index (χ0n) is 19.8. The lowest BCUT2D eigenvalue weighted by molar-refractivity contribution is -0.145. The second-order valence-electron chi connectivity index (χ2n) is 7.73. The summed E-state index contributed by atoms with van der Waals surface area (Å²) in [7, 11) is 0. The van der Waals surface area contributed by atoms with E-state index in [0.29, 0.717) is 17.2 Å². The first-order valence-corrected chi connectivity index (χ1v) is 11.4. The van der Waals surface area contributed by atoms with Crippen molar-refractivity contribution < 1.29 is 19.1 Å². The summed E-state index contributed by atoms with van der Waals surface area (Å²) in [4.78, 5) is 29.8. The first kappa shape index (κ1) is 25.5. The maximum atomic E-state index is 11.9. The van der Waals surface area contributed by atoms with Crippen LogP contribution >= 0.6 is 0 Å². The standard InChI is InChI=1S/C26H31N5O4/c1-3-35-26(33)18-25(32)30-22-6-4-20(5-7-22)24(27)12-13-28-19(2)29-21-8-10-23(11-9-21)31-14-16-34-17-15-31/h4-13,29H,2-3,14-18,27H2,1H3,(H,30,32)/b24-12-,28-13?. The number of nitrogens with zero attached hydrogens (tertiary/aromatic N) is 2. The van der Waals surface area contributed by atoms with Crippen LogP contribution in [0.15, 0.2) is 72.0 Å². The van der Waals surface area contributed by atoms with Crippen molar-refractivity contribution in [2.45, 2.75) is 13.3 Å². The normalized spacial score (nSPS) is 14.0. The highest BCUT2D eigenvalue weighted by atomic mass is 16.5. The number of nitrogens with one attached hydrogen (secondary N) is 2. The highest BCUT2D eigenvalue weighted by molar-refractivity contribution is 6.01. The zero-order chi connectivity index (χ0) is 25.0. The van der Waals surface area contributed by atoms with E-state index in [9.17, 15) is 9.59 Å². The van der Waals surface area contributed by atoms with Crippen LogP contribution in [0.4, 0.5) is 17.1 Å². The topological polar surface area (TPSA) is 118 Å². The number of benzene rings is 2. The molecule has 9 nitrogen and oxygen atoms in total. The van der Waals surface area contributed by atoms with E-state index in [1.165, 1.54) is 0 Å². The number of aliphatic imine (C=N–C) groups is 1. The van der Waals surface area contributed by atoms with Crippen LogP contribution in [0.2, 0.25) is 0 Å². The molecule has 35 heavy (non-hydrogen) atoms. The van der Waals surface area contributed by atoms with Gasteiger partial charge >= 0.3 is 5.97 Å². The second-order valence-corrected chi connectivity index (χ2v) is 7.73. The van der Waals surface area contributed by atoms with Crippen LogP contribution < -0.4 is 21.3 Å². The van der Waals surface area contributed by atoms with Crippen molar-refractivity contribution in [1.82, 2.24) is 0 Å². The minimum absolute atomic E-state index is 0.238. The number of carbonyl (C=O) groups is 2. The molecule has 2 aromatic rings. The predicted octanol–water partition coefficient (Wildman–Crippen LogP) is 3.37. The van der Waals surface area contributed by atoms with Gasteiger partial charge in [-0.3, -0.25) is 9.59 Å². The molecule has 3 rings (SSSR count). The van der Waals surface area contributed by atoms with Gasteiger partial charge in [0.1, 0.15) is 12.2 Å². The number of amides is 1. The van der Waals surface area contributed by atoms with Crippen LogP contribution in [-0.2, 0) is 19.1 Å². The number of nitrogens with two attached hydrogens (primary N) is 1. The molecule has 2 aromatic carbocycles. The maximum absolute atomic E-state index is 11.9. The molecule has 0 radical (unpaired) electrons. The van der Waals surface area contributed by atoms with E-state index in [1.54, 1.807) is 43.5 Å². The molecule has 0 aliphatic carbocycles. The summed E-state index contributed by atoms with van der Waals surface area (Å²) in [5.41, 5.74) is 10.00. The molecule has 0 spiro atoms. The minimum Gasteiger partial charge on any atom is -0.466 e. The Bertz CT molecular complexity index is 1070. The number of hydrogen-bond donors (Lipinski definition) is 3. The number of anilines is 3. The van der Waals surface area contributed by atoms with Crippen LogP contribution in [0.1, 0.15) is 18.9 Å². The SMILES string of the molecule is C=C(N=C/C=C(\N)c1ccc(NC(=O)CC(=O)OCC)cc1)Nc1ccc(N2CCOCC2)cc1. The van der Waals surface area contributed by atoms with Crippen LogP contribution in [0.25, 0.3) is 5.70 Å². The number of morpholine rings is 1. The van der Waals surface area contributed by atoms with Crippen molar-refractivity contribution in [3.8, 4) is 0 Å². The molecule has 9 heteroatoms. The number of rotatable bonds is 10. The monoisotopic (exact) mass is 477 g/mol. The van der Waals surface area contributed by atoms with Gasteiger partial charge in [-0.2, -0.15) is 0 Å². The molecule has 4 N–H and O–H groups in total. The maximum Gasteiger partial charge on any atom is 0.315 e. The lowest BCUT2D eigenvalue weighted by Crippen LogP contribution is -2.36. The van der Waals surface area contributed by atoms with E-state index in [2.05, 4.69) is 39.2 Å². The van der Waals surface area contributed by atoms with E-state index >= 15 is 0 Å². The van der Waals surface area contributed by atoms with Crippen molar-refractivity contribution in [3.63, 3.8) is 0 Å². The van der Waals surface area contributed by atoms with Crippen molar-refractivity contribution in [1.29, 1.82) is 0 Å². The number of allylic oxidation sites excluding steroid dienone is 1. The first-order chi connectivity index (χ1) is 16.9. The van der Waals surface area contributed by atoms with Gasteiger partial charge in [-0.15, -0.1) is 0 Å². The fourth-order valence-corrected chi connectivity index (χ4v) is 3.37. The summed E-state index contributed by atoms with van der Waals surface area (Å²) in [5.74, 6) is -0.518. The van der Waals surface area contributed by atoms with Gasteiger partial charge in [0.05, 0.1) is 19.8 Å². The van der Waals surface area contributed by atoms with Crippen LogP contribution in [0.3, 0.4) is 0 Å². The molecular weight excluding hydrogens is 446 g/mol. The van der Waals surface area contributed by atoms with Crippen molar-refractivity contribution in [3.05, 3.63) is 72.6 Å². The Morgan fingerprint density at radius 2 is 1.71 bits per heavy atom. The van der Waals surface area contributed by atoms with E-state index in [-0.39, 0.29) is 13.0 Å². The van der Waals surface area contributed by atoms with Crippen LogP contribution in [-0.4, -0.2) is 51.0 Å². The van der Waals surface area contributed by atoms with Gasteiger partial charge in [0.15, 0.2) is 0 Å². The van der Waals surface area contributed by atoms with Crippen molar-refractivity contribution in [2.75, 3.05) is 48.4 Å². The van der Waals surface area contributed by atoms with E-state index in [4.69, 9.17) is 15.2 Å². The predicted molar refractivity (Wildman–Crippen MR) is 139 cm³/mol. The molecule has 184 valence electrons. The fourth-order valence-electron chi connectivity index (χ4n) is 3.37. The molecule has 1 amide bonds. The third-order valence-electron chi connectivity index (χ3n) is 5.13. The smallest absolute Gasteiger partial charge is 0.315 e. The van der Waals surface area contributed by atoms with E-state index < -0.39 is 11.9 Å². The highest BCUT2D eigenvalue weighted by Crippen LogP contribution is 2.20. The molecule has 0 atom stereocenters. The van der Waals surface area contributed by atoms with Crippen molar-refractivity contribution >= 4 is 40.9 Å². The fraction of sp³-hybridized carbons (Fsp3) is 0.269. The van der Waals surface area contributed by atoms with Gasteiger partial charge < -0.3 is 30.7 Å². The molecule has 0 aromatic heterocycles. The van der Waals surface area contributed by atoms with E-state index in [1.807, 2.05) is 12.1 Å². The average Bonchev–Trinajstić information content (AvgIpc) is 2.85. The number of ether oxygens (including phenoxy) is 2. The zero-order valence-corrected chi connectivity index (χ0v) is 19.8. The molecule has 1 fully saturated rings. The lowest BCUT2D eigenvalue weighted by Gasteiger charge is -2.28. The summed E-state index contributed by atoms with van der Waals surface area (Å²) in [5, 5.41) is 5.80. The Kier molecular flexibility index (Phi) is 9.44. The summed E-state index contributed by atoms with van der Waals surface area (Å²) in [6.07, 6.45) is 2.91. The quantitative estimate of drug-likeness (QED) is 0.273. The Labute approximate surface area is 205 Å². The third-order valence-corrected chi connectivity index (χ3v) is 5.13. The molecule has 1 saturated heterocycles. The Hall–Kier alpha value is -4.11. The van der Waals surface area contributed by atoms with Gasteiger partial charge in [0, 0.05) is 42.1 Å². The highest BCUT2D eigenvalue weighted by Gasteiger charge is 2.11. The number of carbonyl (C=O) groups excluding carboxylic acids is 2. The summed E-state index contributed by atoms with van der Waals surface area (Å²) in [6, 6.07) is 15.0. The van der Waals surface area contributed by atoms with Gasteiger partial charge in [-0.25, -0.2) is 4.99 Å². The molecule has 0 bridgehead atoms. The van der Waals surface area contributed by atoms with Gasteiger partial charge in [0.25, 0.3) is 0 Å². The van der Waals surface area contributed by atoms with Gasteiger partial charge in [-0.05, 0) is 55.0 Å². The molecule has 1 aliphatic heterocycles. The number of hydrogen-bond acceptors (Lipinski definition) is 8. The Morgan fingerprint density at radius 1 is 1.09 bits per heavy atom. The summed E-state index contributed by atoms with van der Waals surface area (Å²) >= 11 is 0.